The second kappa shape index (κ2) is 5.26. The predicted octanol–water partition coefficient (Wildman–Crippen LogP) is 4.78. The zero-order valence-electron chi connectivity index (χ0n) is 11.4. The minimum Gasteiger partial charge on any atom is -0.295 e. The van der Waals surface area contributed by atoms with Gasteiger partial charge in [0, 0.05) is 11.9 Å². The van der Waals surface area contributed by atoms with Gasteiger partial charge in [-0.25, -0.2) is 4.98 Å². The van der Waals surface area contributed by atoms with Crippen LogP contribution in [-0.2, 0) is 5.75 Å². The molecule has 2 nitrogen and oxygen atoms in total. The molecule has 0 radical (unpaired) electrons. The molecule has 0 aliphatic rings. The molecule has 0 fully saturated rings. The molecule has 0 aliphatic heterocycles. The van der Waals surface area contributed by atoms with E-state index in [4.69, 9.17) is 0 Å². The van der Waals surface area contributed by atoms with Gasteiger partial charge in [0.25, 0.3) is 0 Å². The van der Waals surface area contributed by atoms with Crippen LogP contribution in [0.25, 0.3) is 16.3 Å². The van der Waals surface area contributed by atoms with E-state index in [0.29, 0.717) is 0 Å². The van der Waals surface area contributed by atoms with Crippen LogP contribution in [0.3, 0.4) is 0 Å². The van der Waals surface area contributed by atoms with Crippen molar-refractivity contribution in [1.82, 2.24) is 9.38 Å². The van der Waals surface area contributed by atoms with Crippen molar-refractivity contribution in [3.05, 3.63) is 78.6 Å². The van der Waals surface area contributed by atoms with Crippen LogP contribution in [0.15, 0.2) is 78.2 Å². The number of hydrogen-bond donors (Lipinski definition) is 0. The van der Waals surface area contributed by atoms with Crippen molar-refractivity contribution in [1.29, 1.82) is 0 Å². The van der Waals surface area contributed by atoms with E-state index in [2.05, 4.69) is 64.1 Å². The molecular weight excluding hydrogens is 276 g/mol. The predicted molar refractivity (Wildman–Crippen MR) is 88.7 cm³/mol. The van der Waals surface area contributed by atoms with Crippen LogP contribution in [0.1, 0.15) is 5.56 Å². The number of imidazole rings is 1. The molecule has 102 valence electrons. The topological polar surface area (TPSA) is 17.3 Å². The minimum atomic E-state index is 0.926. The van der Waals surface area contributed by atoms with Gasteiger partial charge in [0.15, 0.2) is 5.16 Å². The summed E-state index contributed by atoms with van der Waals surface area (Å²) in [5, 5.41) is 3.66. The van der Waals surface area contributed by atoms with Crippen LogP contribution >= 0.6 is 11.8 Å². The number of thioether (sulfide) groups is 1. The maximum atomic E-state index is 4.52. The van der Waals surface area contributed by atoms with E-state index in [1.807, 2.05) is 18.3 Å². The van der Waals surface area contributed by atoms with E-state index in [-0.39, 0.29) is 0 Å². The number of benzene rings is 2. The molecule has 0 spiro atoms. The monoisotopic (exact) mass is 290 g/mol. The Labute approximate surface area is 127 Å². The average Bonchev–Trinajstić information content (AvgIpc) is 2.96. The summed E-state index contributed by atoms with van der Waals surface area (Å²) in [6, 6.07) is 21.2. The van der Waals surface area contributed by atoms with Crippen molar-refractivity contribution in [2.45, 2.75) is 10.9 Å². The summed E-state index contributed by atoms with van der Waals surface area (Å²) < 4.78 is 2.13. The van der Waals surface area contributed by atoms with Gasteiger partial charge in [-0.2, -0.15) is 0 Å². The van der Waals surface area contributed by atoms with Gasteiger partial charge in [-0.3, -0.25) is 4.40 Å². The molecule has 4 aromatic rings. The Morgan fingerprint density at radius 3 is 2.76 bits per heavy atom. The van der Waals surface area contributed by atoms with Crippen LogP contribution in [-0.4, -0.2) is 9.38 Å². The Kier molecular flexibility index (Phi) is 3.13. The number of fused-ring (bicyclic) bond motifs is 2. The molecule has 2 aromatic carbocycles. The SMILES string of the molecule is c1ccc2c(CSc3ncc4ccccn34)cccc2c1. The highest BCUT2D eigenvalue weighted by molar-refractivity contribution is 7.98. The molecule has 3 heteroatoms. The number of hydrogen-bond acceptors (Lipinski definition) is 2. The third kappa shape index (κ3) is 2.30. The fourth-order valence-corrected chi connectivity index (χ4v) is 3.56. The van der Waals surface area contributed by atoms with Gasteiger partial charge in [0.1, 0.15) is 0 Å². The molecule has 2 aromatic heterocycles. The van der Waals surface area contributed by atoms with Gasteiger partial charge in [0.05, 0.1) is 11.7 Å². The Morgan fingerprint density at radius 1 is 0.905 bits per heavy atom. The second-order valence-electron chi connectivity index (χ2n) is 4.96. The molecule has 0 N–H and O–H groups in total. The molecule has 2 heterocycles. The van der Waals surface area contributed by atoms with Gasteiger partial charge in [0.2, 0.25) is 0 Å². The lowest BCUT2D eigenvalue weighted by Gasteiger charge is -2.06. The van der Waals surface area contributed by atoms with Crippen LogP contribution < -0.4 is 0 Å². The Balaban J connectivity index is 1.67. The summed E-state index contributed by atoms with van der Waals surface area (Å²) in [6.45, 7) is 0. The fourth-order valence-electron chi connectivity index (χ4n) is 2.59. The zero-order chi connectivity index (χ0) is 14.1. The zero-order valence-corrected chi connectivity index (χ0v) is 12.3. The number of pyridine rings is 1. The van der Waals surface area contributed by atoms with Crippen LogP contribution in [0.4, 0.5) is 0 Å². The Hall–Kier alpha value is -2.26. The van der Waals surface area contributed by atoms with Crippen molar-refractivity contribution in [3.63, 3.8) is 0 Å². The van der Waals surface area contributed by atoms with Crippen molar-refractivity contribution < 1.29 is 0 Å². The van der Waals surface area contributed by atoms with E-state index in [9.17, 15) is 0 Å². The van der Waals surface area contributed by atoms with Crippen molar-refractivity contribution in [2.24, 2.45) is 0 Å². The second-order valence-corrected chi connectivity index (χ2v) is 5.91. The number of nitrogens with zero attached hydrogens (tertiary/aromatic N) is 2. The summed E-state index contributed by atoms with van der Waals surface area (Å²) >= 11 is 1.78. The lowest BCUT2D eigenvalue weighted by atomic mass is 10.1. The van der Waals surface area contributed by atoms with Gasteiger partial charge in [-0.15, -0.1) is 0 Å². The Morgan fingerprint density at radius 2 is 1.76 bits per heavy atom. The molecule has 0 amide bonds. The molecule has 0 unspecified atom stereocenters. The summed E-state index contributed by atoms with van der Waals surface area (Å²) in [7, 11) is 0. The molecule has 21 heavy (non-hydrogen) atoms. The van der Waals surface area contributed by atoms with E-state index in [1.165, 1.54) is 16.3 Å². The first-order valence-electron chi connectivity index (χ1n) is 6.93. The largest absolute Gasteiger partial charge is 0.295 e. The molecule has 0 atom stereocenters. The molecule has 4 rings (SSSR count). The normalized spacial score (nSPS) is 11.2. The van der Waals surface area contributed by atoms with Crippen LogP contribution in [0, 0.1) is 0 Å². The lowest BCUT2D eigenvalue weighted by Crippen LogP contribution is -1.88. The standard InChI is InChI=1S/C18H14N2S/c1-2-10-17-14(6-1)7-5-8-15(17)13-21-18-19-12-16-9-3-4-11-20(16)18/h1-12H,13H2. The van der Waals surface area contributed by atoms with Gasteiger partial charge in [-0.1, -0.05) is 60.3 Å². The van der Waals surface area contributed by atoms with Crippen LogP contribution in [0.2, 0.25) is 0 Å². The fraction of sp³-hybridized carbons (Fsp3) is 0.0556. The summed E-state index contributed by atoms with van der Waals surface area (Å²) in [5.74, 6) is 0.926. The summed E-state index contributed by atoms with van der Waals surface area (Å²) in [5.41, 5.74) is 2.49. The molecule has 0 saturated heterocycles. The quantitative estimate of drug-likeness (QED) is 0.505. The Bertz CT molecular complexity index is 906. The minimum absolute atomic E-state index is 0.926. The summed E-state index contributed by atoms with van der Waals surface area (Å²) in [4.78, 5) is 4.52. The summed E-state index contributed by atoms with van der Waals surface area (Å²) in [6.07, 6.45) is 3.99. The molecular formula is C18H14N2S. The highest BCUT2D eigenvalue weighted by Crippen LogP contribution is 2.27. The molecule has 0 aliphatic carbocycles. The third-order valence-electron chi connectivity index (χ3n) is 3.64. The first kappa shape index (κ1) is 12.5. The first-order valence-corrected chi connectivity index (χ1v) is 7.92. The maximum Gasteiger partial charge on any atom is 0.172 e. The van der Waals surface area contributed by atoms with Crippen LogP contribution in [0.5, 0.6) is 0 Å². The maximum absolute atomic E-state index is 4.52. The number of aromatic nitrogens is 2. The van der Waals surface area contributed by atoms with E-state index in [0.717, 1.165) is 16.4 Å². The lowest BCUT2D eigenvalue weighted by molar-refractivity contribution is 0.958. The van der Waals surface area contributed by atoms with Crippen molar-refractivity contribution in [2.75, 3.05) is 0 Å². The third-order valence-corrected chi connectivity index (χ3v) is 4.66. The first-order chi connectivity index (χ1) is 10.4. The van der Waals surface area contributed by atoms with Gasteiger partial charge >= 0.3 is 0 Å². The smallest absolute Gasteiger partial charge is 0.172 e. The van der Waals surface area contributed by atoms with E-state index in [1.54, 1.807) is 11.8 Å². The van der Waals surface area contributed by atoms with Gasteiger partial charge in [-0.05, 0) is 28.5 Å². The number of rotatable bonds is 3. The highest BCUT2D eigenvalue weighted by atomic mass is 32.2. The van der Waals surface area contributed by atoms with Gasteiger partial charge < -0.3 is 0 Å². The molecule has 0 saturated carbocycles. The van der Waals surface area contributed by atoms with E-state index < -0.39 is 0 Å². The molecule has 0 bridgehead atoms. The van der Waals surface area contributed by atoms with Crippen molar-refractivity contribution in [3.8, 4) is 0 Å². The van der Waals surface area contributed by atoms with E-state index >= 15 is 0 Å². The van der Waals surface area contributed by atoms with Crippen molar-refractivity contribution >= 4 is 28.1 Å². The average molecular weight is 290 g/mol. The highest BCUT2D eigenvalue weighted by Gasteiger charge is 2.06.